The van der Waals surface area contributed by atoms with Gasteiger partial charge in [0.15, 0.2) is 5.13 Å². The van der Waals surface area contributed by atoms with E-state index in [4.69, 9.17) is 0 Å². The zero-order chi connectivity index (χ0) is 14.0. The van der Waals surface area contributed by atoms with Crippen molar-refractivity contribution in [3.63, 3.8) is 0 Å². The van der Waals surface area contributed by atoms with Gasteiger partial charge in [-0.1, -0.05) is 0 Å². The molecule has 0 bridgehead atoms. The highest BCUT2D eigenvalue weighted by atomic mass is 32.1. The van der Waals surface area contributed by atoms with E-state index in [1.165, 1.54) is 0 Å². The van der Waals surface area contributed by atoms with E-state index < -0.39 is 0 Å². The Balaban J connectivity index is 1.90. The highest BCUT2D eigenvalue weighted by Gasteiger charge is 2.26. The molecule has 0 spiro atoms. The van der Waals surface area contributed by atoms with Crippen LogP contribution in [0.3, 0.4) is 0 Å². The fourth-order valence-electron chi connectivity index (χ4n) is 2.40. The first-order valence-corrected chi connectivity index (χ1v) is 7.48. The predicted molar refractivity (Wildman–Crippen MR) is 78.9 cm³/mol. The fraction of sp³-hybridized carbons (Fsp3) is 0.692. The Morgan fingerprint density at radius 2 is 2.00 bits per heavy atom. The molecule has 106 valence electrons. The number of hydrogen-bond donors (Lipinski definition) is 0. The molecule has 5 nitrogen and oxygen atoms in total. The molecule has 0 N–H and O–H groups in total. The standard InChI is InChI=1S/C13H22N4OS/c1-10-9-19-12(14-10)17-7-5-11(6-8-17)16(4)13(18)15(2)3/h9,11H,5-8H2,1-4H3. The molecular formula is C13H22N4OS. The summed E-state index contributed by atoms with van der Waals surface area (Å²) in [5.74, 6) is 0. The van der Waals surface area contributed by atoms with Crippen molar-refractivity contribution in [3.8, 4) is 0 Å². The van der Waals surface area contributed by atoms with Crippen LogP contribution in [0, 0.1) is 6.92 Å². The summed E-state index contributed by atoms with van der Waals surface area (Å²) in [7, 11) is 5.49. The number of urea groups is 1. The zero-order valence-corrected chi connectivity index (χ0v) is 12.9. The Hall–Kier alpha value is -1.30. The van der Waals surface area contributed by atoms with Crippen LogP contribution in [0.1, 0.15) is 18.5 Å². The summed E-state index contributed by atoms with van der Waals surface area (Å²) < 4.78 is 0. The molecule has 0 atom stereocenters. The summed E-state index contributed by atoms with van der Waals surface area (Å²) in [6.07, 6.45) is 2.02. The first-order chi connectivity index (χ1) is 8.99. The zero-order valence-electron chi connectivity index (χ0n) is 12.1. The number of piperidine rings is 1. The van der Waals surface area contributed by atoms with Crippen molar-refractivity contribution in [2.75, 3.05) is 39.1 Å². The summed E-state index contributed by atoms with van der Waals surface area (Å²) in [5.41, 5.74) is 1.09. The van der Waals surface area contributed by atoms with Gasteiger partial charge < -0.3 is 14.7 Å². The van der Waals surface area contributed by atoms with E-state index >= 15 is 0 Å². The van der Waals surface area contributed by atoms with Crippen molar-refractivity contribution in [3.05, 3.63) is 11.1 Å². The number of amides is 2. The maximum Gasteiger partial charge on any atom is 0.319 e. The molecule has 1 fully saturated rings. The summed E-state index contributed by atoms with van der Waals surface area (Å²) in [5, 5.41) is 3.20. The first-order valence-electron chi connectivity index (χ1n) is 6.60. The van der Waals surface area contributed by atoms with Gasteiger partial charge in [0.1, 0.15) is 0 Å². The van der Waals surface area contributed by atoms with Crippen molar-refractivity contribution in [2.24, 2.45) is 0 Å². The molecule has 1 aliphatic heterocycles. The van der Waals surface area contributed by atoms with Gasteiger partial charge in [-0.15, -0.1) is 11.3 Å². The summed E-state index contributed by atoms with van der Waals surface area (Å²) in [6.45, 7) is 3.97. The van der Waals surface area contributed by atoms with Crippen molar-refractivity contribution in [2.45, 2.75) is 25.8 Å². The van der Waals surface area contributed by atoms with Crippen LogP contribution in [0.25, 0.3) is 0 Å². The van der Waals surface area contributed by atoms with E-state index in [1.807, 2.05) is 18.9 Å². The van der Waals surface area contributed by atoms with Crippen LogP contribution in [-0.2, 0) is 0 Å². The van der Waals surface area contributed by atoms with Gasteiger partial charge in [0.05, 0.1) is 5.69 Å². The number of aryl methyl sites for hydroxylation is 1. The molecule has 1 aliphatic rings. The van der Waals surface area contributed by atoms with Gasteiger partial charge >= 0.3 is 6.03 Å². The second-order valence-corrected chi connectivity index (χ2v) is 6.11. The Labute approximate surface area is 118 Å². The van der Waals surface area contributed by atoms with Crippen molar-refractivity contribution in [1.82, 2.24) is 14.8 Å². The third kappa shape index (κ3) is 3.18. The minimum atomic E-state index is 0.0866. The largest absolute Gasteiger partial charge is 0.348 e. The lowest BCUT2D eigenvalue weighted by molar-refractivity contribution is 0.155. The average Bonchev–Trinajstić information content (AvgIpc) is 2.84. The van der Waals surface area contributed by atoms with Gasteiger partial charge in [-0.05, 0) is 19.8 Å². The molecule has 2 amide bonds. The van der Waals surface area contributed by atoms with E-state index in [0.29, 0.717) is 6.04 Å². The Bertz CT molecular complexity index is 438. The molecule has 19 heavy (non-hydrogen) atoms. The highest BCUT2D eigenvalue weighted by molar-refractivity contribution is 7.13. The minimum Gasteiger partial charge on any atom is -0.348 e. The lowest BCUT2D eigenvalue weighted by atomic mass is 10.0. The molecule has 6 heteroatoms. The minimum absolute atomic E-state index is 0.0866. The maximum absolute atomic E-state index is 11.9. The lowest BCUT2D eigenvalue weighted by Gasteiger charge is -2.37. The van der Waals surface area contributed by atoms with Crippen LogP contribution in [0.15, 0.2) is 5.38 Å². The second kappa shape index (κ2) is 5.77. The number of aromatic nitrogens is 1. The Kier molecular flexibility index (Phi) is 4.29. The summed E-state index contributed by atoms with van der Waals surface area (Å²) in [4.78, 5) is 22.3. The maximum atomic E-state index is 11.9. The number of rotatable bonds is 2. The van der Waals surface area contributed by atoms with Gasteiger partial charge in [-0.2, -0.15) is 0 Å². The summed E-state index contributed by atoms with van der Waals surface area (Å²) in [6, 6.07) is 0.427. The summed E-state index contributed by atoms with van der Waals surface area (Å²) >= 11 is 1.70. The number of nitrogens with zero attached hydrogens (tertiary/aromatic N) is 4. The lowest BCUT2D eigenvalue weighted by Crippen LogP contribution is -2.48. The first kappa shape index (κ1) is 14.1. The van der Waals surface area contributed by atoms with E-state index in [1.54, 1.807) is 30.3 Å². The molecule has 0 saturated carbocycles. The van der Waals surface area contributed by atoms with Gasteiger partial charge in [0.25, 0.3) is 0 Å². The molecule has 2 heterocycles. The molecular weight excluding hydrogens is 260 g/mol. The predicted octanol–water partition coefficient (Wildman–Crippen LogP) is 2.03. The van der Waals surface area contributed by atoms with Crippen molar-refractivity contribution < 1.29 is 4.79 Å². The molecule has 1 aromatic rings. The number of carbonyl (C=O) groups excluding carboxylic acids is 1. The molecule has 2 rings (SSSR count). The quantitative estimate of drug-likeness (QED) is 0.833. The number of carbonyl (C=O) groups is 1. The van der Waals surface area contributed by atoms with Gasteiger partial charge in [-0.3, -0.25) is 0 Å². The van der Waals surface area contributed by atoms with E-state index in [0.717, 1.165) is 36.8 Å². The van der Waals surface area contributed by atoms with Crippen LogP contribution < -0.4 is 4.90 Å². The van der Waals surface area contributed by atoms with E-state index in [2.05, 4.69) is 15.3 Å². The molecule has 1 saturated heterocycles. The van der Waals surface area contributed by atoms with Gasteiger partial charge in [0, 0.05) is 45.7 Å². The molecule has 0 aliphatic carbocycles. The Morgan fingerprint density at radius 1 is 1.37 bits per heavy atom. The number of hydrogen-bond acceptors (Lipinski definition) is 4. The molecule has 0 aromatic carbocycles. The smallest absolute Gasteiger partial charge is 0.319 e. The third-order valence-corrected chi connectivity index (χ3v) is 4.59. The van der Waals surface area contributed by atoms with Gasteiger partial charge in [0.2, 0.25) is 0 Å². The van der Waals surface area contributed by atoms with Crippen LogP contribution in [0.4, 0.5) is 9.93 Å². The average molecular weight is 282 g/mol. The second-order valence-electron chi connectivity index (χ2n) is 5.28. The highest BCUT2D eigenvalue weighted by Crippen LogP contribution is 2.25. The van der Waals surface area contributed by atoms with Crippen LogP contribution in [-0.4, -0.2) is 61.1 Å². The van der Waals surface area contributed by atoms with E-state index in [-0.39, 0.29) is 6.03 Å². The Morgan fingerprint density at radius 3 is 2.47 bits per heavy atom. The van der Waals surface area contributed by atoms with Crippen LogP contribution >= 0.6 is 11.3 Å². The SMILES string of the molecule is Cc1csc(N2CCC(N(C)C(=O)N(C)C)CC2)n1. The van der Waals surface area contributed by atoms with Gasteiger partial charge in [-0.25, -0.2) is 9.78 Å². The fourth-order valence-corrected chi connectivity index (χ4v) is 3.26. The molecule has 1 aromatic heterocycles. The molecule has 0 unspecified atom stereocenters. The number of thiazole rings is 1. The molecule has 0 radical (unpaired) electrons. The van der Waals surface area contributed by atoms with Crippen molar-refractivity contribution >= 4 is 22.5 Å². The third-order valence-electron chi connectivity index (χ3n) is 3.57. The topological polar surface area (TPSA) is 39.7 Å². The number of anilines is 1. The normalized spacial score (nSPS) is 16.5. The van der Waals surface area contributed by atoms with Crippen LogP contribution in [0.2, 0.25) is 0 Å². The van der Waals surface area contributed by atoms with Crippen LogP contribution in [0.5, 0.6) is 0 Å². The van der Waals surface area contributed by atoms with E-state index in [9.17, 15) is 4.79 Å². The monoisotopic (exact) mass is 282 g/mol. The van der Waals surface area contributed by atoms with Crippen molar-refractivity contribution in [1.29, 1.82) is 0 Å².